The van der Waals surface area contributed by atoms with Crippen molar-refractivity contribution in [3.63, 3.8) is 0 Å². The second-order valence-electron chi connectivity index (χ2n) is 4.18. The molecule has 0 saturated carbocycles. The molecule has 0 aliphatic rings. The third-order valence-corrected chi connectivity index (χ3v) is 3.54. The maximum Gasteiger partial charge on any atom is 0.435 e. The Morgan fingerprint density at radius 1 is 1.29 bits per heavy atom. The minimum absolute atomic E-state index is 0.327. The molecule has 0 aliphatic heterocycles. The van der Waals surface area contributed by atoms with Crippen LogP contribution in [0.15, 0.2) is 23.7 Å². The number of fused-ring (bicyclic) bond motifs is 1. The molecule has 0 aromatic carbocycles. The summed E-state index contributed by atoms with van der Waals surface area (Å²) >= 11 is 1.39. The number of nitrogens with one attached hydrogen (secondary N) is 1. The van der Waals surface area contributed by atoms with Crippen molar-refractivity contribution in [3.8, 4) is 5.82 Å². The molecule has 1 N–H and O–H groups in total. The number of alkyl halides is 3. The lowest BCUT2D eigenvalue weighted by atomic mass is 10.4. The predicted molar refractivity (Wildman–Crippen MR) is 73.7 cm³/mol. The van der Waals surface area contributed by atoms with Crippen LogP contribution in [-0.4, -0.2) is 26.3 Å². The SMILES string of the molecule is CCNc1nc(-n2ccc(C(F)(F)F)n2)c2ccsc2n1. The molecule has 3 rings (SSSR count). The molecule has 0 unspecified atom stereocenters. The zero-order valence-electron chi connectivity index (χ0n) is 10.8. The van der Waals surface area contributed by atoms with Gasteiger partial charge in [-0.05, 0) is 24.4 Å². The van der Waals surface area contributed by atoms with Crippen LogP contribution in [0.1, 0.15) is 12.6 Å². The second-order valence-corrected chi connectivity index (χ2v) is 5.08. The van der Waals surface area contributed by atoms with E-state index in [1.807, 2.05) is 12.3 Å². The Morgan fingerprint density at radius 2 is 2.10 bits per heavy atom. The van der Waals surface area contributed by atoms with Gasteiger partial charge in [-0.25, -0.2) is 9.67 Å². The summed E-state index contributed by atoms with van der Waals surface area (Å²) in [4.78, 5) is 9.24. The Kier molecular flexibility index (Phi) is 3.28. The van der Waals surface area contributed by atoms with Gasteiger partial charge in [-0.15, -0.1) is 11.3 Å². The highest BCUT2D eigenvalue weighted by Gasteiger charge is 2.33. The third-order valence-electron chi connectivity index (χ3n) is 2.74. The van der Waals surface area contributed by atoms with E-state index in [2.05, 4.69) is 20.4 Å². The Hall–Kier alpha value is -2.16. The van der Waals surface area contributed by atoms with Crippen molar-refractivity contribution in [3.05, 3.63) is 29.4 Å². The molecule has 0 bridgehead atoms. The fraction of sp³-hybridized carbons (Fsp3) is 0.250. The predicted octanol–water partition coefficient (Wildman–Crippen LogP) is 3.33. The van der Waals surface area contributed by atoms with E-state index < -0.39 is 11.9 Å². The maximum atomic E-state index is 12.7. The summed E-state index contributed by atoms with van der Waals surface area (Å²) in [6.07, 6.45) is -3.23. The van der Waals surface area contributed by atoms with Crippen LogP contribution in [0.4, 0.5) is 19.1 Å². The van der Waals surface area contributed by atoms with Crippen LogP contribution in [0.5, 0.6) is 0 Å². The topological polar surface area (TPSA) is 55.6 Å². The maximum absolute atomic E-state index is 12.7. The Labute approximate surface area is 121 Å². The molecule has 21 heavy (non-hydrogen) atoms. The van der Waals surface area contributed by atoms with Gasteiger partial charge in [0.2, 0.25) is 5.95 Å². The molecule has 0 saturated heterocycles. The molecule has 3 aromatic heterocycles. The number of thiophene rings is 1. The van der Waals surface area contributed by atoms with Crippen molar-refractivity contribution >= 4 is 27.5 Å². The standard InChI is InChI=1S/C12H10F3N5S/c1-2-16-11-17-9(7-4-6-21-10(7)18-11)20-5-3-8(19-20)12(13,14)15/h3-6H,2H2,1H3,(H,16,17,18). The van der Waals surface area contributed by atoms with Crippen LogP contribution in [0.3, 0.4) is 0 Å². The van der Waals surface area contributed by atoms with Crippen molar-refractivity contribution < 1.29 is 13.2 Å². The molecule has 0 fully saturated rings. The monoisotopic (exact) mass is 313 g/mol. The molecule has 0 aliphatic carbocycles. The summed E-state index contributed by atoms with van der Waals surface area (Å²) in [7, 11) is 0. The zero-order chi connectivity index (χ0) is 15.0. The summed E-state index contributed by atoms with van der Waals surface area (Å²) in [5.41, 5.74) is -0.950. The number of hydrogen-bond acceptors (Lipinski definition) is 5. The van der Waals surface area contributed by atoms with Crippen LogP contribution in [0.25, 0.3) is 16.0 Å². The van der Waals surface area contributed by atoms with Gasteiger partial charge in [0, 0.05) is 12.7 Å². The number of rotatable bonds is 3. The van der Waals surface area contributed by atoms with Gasteiger partial charge in [-0.1, -0.05) is 0 Å². The molecule has 110 valence electrons. The van der Waals surface area contributed by atoms with Gasteiger partial charge in [0.05, 0.1) is 5.39 Å². The van der Waals surface area contributed by atoms with E-state index >= 15 is 0 Å². The van der Waals surface area contributed by atoms with E-state index in [0.717, 1.165) is 10.7 Å². The van der Waals surface area contributed by atoms with Crippen LogP contribution in [-0.2, 0) is 6.18 Å². The second kappa shape index (κ2) is 4.99. The minimum Gasteiger partial charge on any atom is -0.354 e. The normalized spacial score (nSPS) is 12.0. The van der Waals surface area contributed by atoms with Gasteiger partial charge in [-0.2, -0.15) is 23.3 Å². The van der Waals surface area contributed by atoms with Crippen molar-refractivity contribution in [1.82, 2.24) is 19.7 Å². The molecule has 3 aromatic rings. The highest BCUT2D eigenvalue weighted by Crippen LogP contribution is 2.29. The molecular weight excluding hydrogens is 303 g/mol. The number of aromatic nitrogens is 4. The zero-order valence-corrected chi connectivity index (χ0v) is 11.7. The highest BCUT2D eigenvalue weighted by atomic mass is 32.1. The number of anilines is 1. The van der Waals surface area contributed by atoms with Gasteiger partial charge in [0.1, 0.15) is 4.83 Å². The summed E-state index contributed by atoms with van der Waals surface area (Å²) in [5.74, 6) is 0.694. The first-order valence-corrected chi connectivity index (χ1v) is 6.99. The molecule has 0 amide bonds. The Morgan fingerprint density at radius 3 is 2.76 bits per heavy atom. The van der Waals surface area contributed by atoms with Crippen molar-refractivity contribution in [2.24, 2.45) is 0 Å². The first-order valence-electron chi connectivity index (χ1n) is 6.11. The van der Waals surface area contributed by atoms with Gasteiger partial charge in [0.15, 0.2) is 11.5 Å². The summed E-state index contributed by atoms with van der Waals surface area (Å²) in [6.45, 7) is 2.50. The van der Waals surface area contributed by atoms with Gasteiger partial charge in [-0.3, -0.25) is 0 Å². The van der Waals surface area contributed by atoms with Crippen LogP contribution >= 0.6 is 11.3 Å². The van der Waals surface area contributed by atoms with E-state index in [1.165, 1.54) is 17.5 Å². The van der Waals surface area contributed by atoms with Crippen LogP contribution < -0.4 is 5.32 Å². The van der Waals surface area contributed by atoms with Crippen molar-refractivity contribution in [2.45, 2.75) is 13.1 Å². The molecule has 5 nitrogen and oxygen atoms in total. The molecule has 3 heterocycles. The Bertz CT molecular complexity index is 777. The van der Waals surface area contributed by atoms with Gasteiger partial charge in [0.25, 0.3) is 0 Å². The fourth-order valence-corrected chi connectivity index (χ4v) is 2.60. The van der Waals surface area contributed by atoms with Crippen molar-refractivity contribution in [2.75, 3.05) is 11.9 Å². The summed E-state index contributed by atoms with van der Waals surface area (Å²) in [5, 5.41) is 9.00. The van der Waals surface area contributed by atoms with E-state index in [4.69, 9.17) is 0 Å². The highest BCUT2D eigenvalue weighted by molar-refractivity contribution is 7.16. The fourth-order valence-electron chi connectivity index (χ4n) is 1.84. The lowest BCUT2D eigenvalue weighted by molar-refractivity contribution is -0.141. The average Bonchev–Trinajstić information content (AvgIpc) is 3.06. The van der Waals surface area contributed by atoms with E-state index in [0.29, 0.717) is 28.5 Å². The van der Waals surface area contributed by atoms with E-state index in [1.54, 1.807) is 6.07 Å². The van der Waals surface area contributed by atoms with E-state index in [-0.39, 0.29) is 0 Å². The Balaban J connectivity index is 2.14. The number of nitrogens with zero attached hydrogens (tertiary/aromatic N) is 4. The first kappa shape index (κ1) is 13.8. The van der Waals surface area contributed by atoms with Crippen LogP contribution in [0.2, 0.25) is 0 Å². The summed E-state index contributed by atoms with van der Waals surface area (Å²) in [6, 6.07) is 2.69. The molecular formula is C12H10F3N5S. The largest absolute Gasteiger partial charge is 0.435 e. The third kappa shape index (κ3) is 2.56. The van der Waals surface area contributed by atoms with E-state index in [9.17, 15) is 13.2 Å². The lowest BCUT2D eigenvalue weighted by Crippen LogP contribution is -2.09. The average molecular weight is 313 g/mol. The van der Waals surface area contributed by atoms with Gasteiger partial charge < -0.3 is 5.32 Å². The smallest absolute Gasteiger partial charge is 0.354 e. The number of hydrogen-bond donors (Lipinski definition) is 1. The molecule has 9 heteroatoms. The summed E-state index contributed by atoms with van der Waals surface area (Å²) < 4.78 is 39.1. The molecule has 0 spiro atoms. The van der Waals surface area contributed by atoms with Crippen molar-refractivity contribution in [1.29, 1.82) is 0 Å². The molecule has 0 atom stereocenters. The number of halogens is 3. The first-order chi connectivity index (χ1) is 9.99. The lowest BCUT2D eigenvalue weighted by Gasteiger charge is -2.07. The van der Waals surface area contributed by atoms with Gasteiger partial charge >= 0.3 is 6.18 Å². The van der Waals surface area contributed by atoms with Crippen LogP contribution in [0, 0.1) is 0 Å². The quantitative estimate of drug-likeness (QED) is 0.806. The minimum atomic E-state index is -4.48. The molecule has 0 radical (unpaired) electrons.